The fourth-order valence-corrected chi connectivity index (χ4v) is 2.00. The highest BCUT2D eigenvalue weighted by Crippen LogP contribution is 2.29. The van der Waals surface area contributed by atoms with Gasteiger partial charge in [0, 0.05) is 25.3 Å². The number of benzene rings is 1. The lowest BCUT2D eigenvalue weighted by Crippen LogP contribution is -2.56. The van der Waals surface area contributed by atoms with Crippen LogP contribution in [0.15, 0.2) is 29.2 Å². The first-order chi connectivity index (χ1) is 16.8. The summed E-state index contributed by atoms with van der Waals surface area (Å²) < 4.78 is 113. The van der Waals surface area contributed by atoms with Gasteiger partial charge in [0.2, 0.25) is 0 Å². The minimum Gasteiger partial charge on any atom is -0.444 e. The summed E-state index contributed by atoms with van der Waals surface area (Å²) >= 11 is 5.78. The zero-order chi connectivity index (χ0) is 29.8. The van der Waals surface area contributed by atoms with Crippen molar-refractivity contribution in [2.24, 2.45) is 4.99 Å². The van der Waals surface area contributed by atoms with E-state index in [9.17, 15) is 9.59 Å². The van der Waals surface area contributed by atoms with Crippen LogP contribution in [0.25, 0.3) is 0 Å². The number of carbonyl (C=O) groups is 2. The summed E-state index contributed by atoms with van der Waals surface area (Å²) in [7, 11) is 0. The van der Waals surface area contributed by atoms with E-state index in [-0.39, 0.29) is 0 Å². The molecule has 1 spiro atoms. The summed E-state index contributed by atoms with van der Waals surface area (Å²) in [5, 5.41) is -1.05. The van der Waals surface area contributed by atoms with Crippen molar-refractivity contribution in [3.05, 3.63) is 34.8 Å². The highest BCUT2D eigenvalue weighted by atomic mass is 35.5. The lowest BCUT2D eigenvalue weighted by Gasteiger charge is -2.38. The smallest absolute Gasteiger partial charge is 0.410 e. The maximum Gasteiger partial charge on any atom is 0.410 e. The topological polar surface area (TPSA) is 71.0 Å². The fraction of sp³-hybridized carbons (Fsp3) is 0.500. The molecular weight excluding hydrogens is 342 g/mol. The summed E-state index contributed by atoms with van der Waals surface area (Å²) in [5.41, 5.74) is -7.04. The van der Waals surface area contributed by atoms with E-state index < -0.39 is 99.7 Å². The summed E-state index contributed by atoms with van der Waals surface area (Å²) in [4.78, 5) is 29.6. The van der Waals surface area contributed by atoms with Crippen LogP contribution in [0.5, 0.6) is 0 Å². The van der Waals surface area contributed by atoms with Crippen molar-refractivity contribution in [3.8, 4) is 0 Å². The van der Waals surface area contributed by atoms with Crippen LogP contribution in [0.2, 0.25) is 6.43 Å². The second-order valence-electron chi connectivity index (χ2n) is 6.03. The molecule has 1 aromatic rings. The van der Waals surface area contributed by atoms with Gasteiger partial charge in [-0.25, -0.2) is 9.79 Å². The molecule has 2 heterocycles. The predicted molar refractivity (Wildman–Crippen MR) is 95.9 cm³/mol. The molecule has 0 saturated carbocycles. The van der Waals surface area contributed by atoms with Crippen molar-refractivity contribution in [1.29, 1.82) is 0 Å². The first-order valence-corrected chi connectivity index (χ1v) is 7.45. The zero-order valence-electron chi connectivity index (χ0n) is 26.4. The summed E-state index contributed by atoms with van der Waals surface area (Å²) in [5.74, 6) is -1.66. The van der Waals surface area contributed by atoms with Crippen molar-refractivity contribution in [1.82, 2.24) is 10.2 Å². The molecule has 1 N–H and O–H groups in total. The fourth-order valence-electron chi connectivity index (χ4n) is 1.90. The highest BCUT2D eigenvalue weighted by Gasteiger charge is 2.44. The SMILES string of the molecule is [2H]c1c([2H])c(C2=NC3(N([2H])C2=O)C([2H])([2H])N(C(=O)OC(C)(C)C)C([2H])([2H])C([2H])([2H])C3([2H])[2H])c([2H])c([2H])c1Cl. The molecule has 2 aliphatic heterocycles. The Bertz CT molecular complexity index is 1250. The predicted octanol–water partition coefficient (Wildman–Crippen LogP) is 2.99. The van der Waals surface area contributed by atoms with Crippen molar-refractivity contribution in [2.45, 2.75) is 44.8 Å². The van der Waals surface area contributed by atoms with Gasteiger partial charge in [0.15, 0.2) is 7.07 Å². The Morgan fingerprint density at radius 1 is 1.48 bits per heavy atom. The van der Waals surface area contributed by atoms with Crippen LogP contribution in [0.1, 0.15) is 55.5 Å². The Balaban J connectivity index is 2.46. The minimum absolute atomic E-state index is 0.398. The van der Waals surface area contributed by atoms with Crippen molar-refractivity contribution < 1.29 is 32.2 Å². The lowest BCUT2D eigenvalue weighted by atomic mass is 10.00. The van der Waals surface area contributed by atoms with Crippen LogP contribution in [-0.2, 0) is 9.53 Å². The molecule has 0 bridgehead atoms. The third-order valence-electron chi connectivity index (χ3n) is 2.82. The average molecular weight is 377 g/mol. The highest BCUT2D eigenvalue weighted by molar-refractivity contribution is 6.47. The molecule has 2 amide bonds. The molecule has 0 aliphatic carbocycles. The van der Waals surface area contributed by atoms with Gasteiger partial charge < -0.3 is 14.9 Å². The number of rotatable bonds is 1. The minimum atomic E-state index is -3.88. The quantitative estimate of drug-likeness (QED) is 0.819. The van der Waals surface area contributed by atoms with E-state index in [0.717, 1.165) is 0 Å². The van der Waals surface area contributed by atoms with Crippen LogP contribution in [0.3, 0.4) is 0 Å². The molecule has 1 atom stereocenters. The third-order valence-corrected chi connectivity index (χ3v) is 3.01. The number of aliphatic imine (C=N–C) groups is 1. The van der Waals surface area contributed by atoms with Gasteiger partial charge in [0.25, 0.3) is 5.91 Å². The zero-order valence-corrected chi connectivity index (χ0v) is 14.2. The van der Waals surface area contributed by atoms with Gasteiger partial charge in [0.05, 0.1) is 14.7 Å². The van der Waals surface area contributed by atoms with Crippen LogP contribution in [-0.4, -0.2) is 46.9 Å². The van der Waals surface area contributed by atoms with Gasteiger partial charge >= 0.3 is 6.09 Å². The average Bonchev–Trinajstić information content (AvgIpc) is 3.01. The maximum absolute atomic E-state index is 13.2. The molecule has 6 nitrogen and oxygen atoms in total. The number of amides is 2. The number of carbonyl (C=O) groups excluding carboxylic acids is 2. The normalized spacial score (nSPS) is 39.4. The van der Waals surface area contributed by atoms with Gasteiger partial charge in [-0.3, -0.25) is 4.79 Å². The second kappa shape index (κ2) is 6.33. The van der Waals surface area contributed by atoms with Gasteiger partial charge in [0.1, 0.15) is 11.3 Å². The Labute approximate surface area is 170 Å². The first kappa shape index (κ1) is 7.66. The third kappa shape index (κ3) is 3.95. The molecule has 1 fully saturated rings. The van der Waals surface area contributed by atoms with E-state index in [1.54, 1.807) is 0 Å². The Morgan fingerprint density at radius 3 is 2.80 bits per heavy atom. The molecule has 0 radical (unpaired) electrons. The van der Waals surface area contributed by atoms with Crippen molar-refractivity contribution >= 4 is 29.3 Å². The van der Waals surface area contributed by atoms with Gasteiger partial charge in [-0.2, -0.15) is 0 Å². The number of nitrogens with zero attached hydrogens (tertiary/aromatic N) is 2. The molecule has 1 saturated heterocycles. The number of hydrogen-bond donors (Lipinski definition) is 1. The molecular formula is C18H22ClN3O3. The number of hydrogen-bond acceptors (Lipinski definition) is 4. The Kier molecular flexibility index (Phi) is 1.94. The molecule has 1 aromatic carbocycles. The van der Waals surface area contributed by atoms with Crippen LogP contribution in [0, 0.1) is 0 Å². The van der Waals surface area contributed by atoms with Crippen LogP contribution in [0.4, 0.5) is 4.79 Å². The van der Waals surface area contributed by atoms with Gasteiger partial charge in [-0.1, -0.05) is 23.7 Å². The van der Waals surface area contributed by atoms with Crippen molar-refractivity contribution in [3.63, 3.8) is 0 Å². The summed E-state index contributed by atoms with van der Waals surface area (Å²) in [6.07, 6.45) is -9.52. The van der Waals surface area contributed by atoms with E-state index in [0.29, 0.717) is 0 Å². The summed E-state index contributed by atoms with van der Waals surface area (Å²) in [6.45, 7) is -3.55. The van der Waals surface area contributed by atoms with Crippen LogP contribution < -0.4 is 5.31 Å². The Hall–Kier alpha value is -2.08. The second-order valence-corrected chi connectivity index (χ2v) is 6.41. The number of piperidine rings is 1. The van der Waals surface area contributed by atoms with Gasteiger partial charge in [-0.05, 0) is 45.6 Å². The summed E-state index contributed by atoms with van der Waals surface area (Å²) in [6, 6.07) is -3.53. The van der Waals surface area contributed by atoms with Crippen LogP contribution >= 0.6 is 11.6 Å². The molecule has 25 heavy (non-hydrogen) atoms. The first-order valence-electron chi connectivity index (χ1n) is 13.5. The number of likely N-dealkylation sites (tertiary alicyclic amines) is 1. The van der Waals surface area contributed by atoms with E-state index in [4.69, 9.17) is 34.2 Å². The van der Waals surface area contributed by atoms with E-state index >= 15 is 0 Å². The molecule has 1 unspecified atom stereocenters. The van der Waals surface area contributed by atoms with E-state index in [2.05, 4.69) is 4.99 Å². The molecule has 7 heteroatoms. The van der Waals surface area contributed by atoms with Gasteiger partial charge in [-0.15, -0.1) is 0 Å². The largest absolute Gasteiger partial charge is 0.444 e. The monoisotopic (exact) mass is 376 g/mol. The maximum atomic E-state index is 13.2. The molecule has 3 rings (SSSR count). The molecule has 0 aromatic heterocycles. The van der Waals surface area contributed by atoms with E-state index in [1.807, 2.05) is 0 Å². The number of ether oxygens (including phenoxy) is 1. The Morgan fingerprint density at radius 2 is 2.16 bits per heavy atom. The van der Waals surface area contributed by atoms with Crippen molar-refractivity contribution in [2.75, 3.05) is 13.0 Å². The lowest BCUT2D eigenvalue weighted by molar-refractivity contribution is -0.115. The molecule has 134 valence electrons. The number of halogens is 1. The standard InChI is InChI=1S/C18H22ClN3O3/c1-17(2,3)25-16(24)22-10-4-9-18(11-22)20-14(15(23)21-18)12-5-7-13(19)8-6-12/h5-8H,4,9-11H2,1-3H3,(H,21,23)/i4D2,5D,6D,7D,8D,9D2,10D2,11D2/hD. The van der Waals surface area contributed by atoms with E-state index in [1.165, 1.54) is 20.8 Å². The molecule has 2 aliphatic rings. The number of nitrogens with one attached hydrogen (secondary N) is 1.